The molecule has 2 aromatic heterocycles. The molecule has 2 atom stereocenters. The van der Waals surface area contributed by atoms with Gasteiger partial charge >= 0.3 is 0 Å². The van der Waals surface area contributed by atoms with Crippen molar-refractivity contribution in [2.75, 3.05) is 40.1 Å². The van der Waals surface area contributed by atoms with Gasteiger partial charge in [0.2, 0.25) is 0 Å². The van der Waals surface area contributed by atoms with E-state index in [0.717, 1.165) is 11.8 Å². The summed E-state index contributed by atoms with van der Waals surface area (Å²) >= 11 is 4.01. The maximum atomic E-state index is 2.50. The average Bonchev–Trinajstić information content (AvgIpc) is 3.63. The van der Waals surface area contributed by atoms with E-state index in [-0.39, 0.29) is 0 Å². The Morgan fingerprint density at radius 3 is 1.52 bits per heavy atom. The second-order valence-corrected chi connectivity index (χ2v) is 14.2. The first-order valence-corrected chi connectivity index (χ1v) is 19.1. The molecular formula is C38H70N2S2. The predicted molar refractivity (Wildman–Crippen MR) is 202 cm³/mol. The van der Waals surface area contributed by atoms with Gasteiger partial charge in [0.05, 0.1) is 5.00 Å². The molecule has 2 nitrogen and oxygen atoms in total. The van der Waals surface area contributed by atoms with E-state index in [1.165, 1.54) is 88.5 Å². The van der Waals surface area contributed by atoms with Gasteiger partial charge in [0.15, 0.2) is 0 Å². The molecule has 1 aromatic carbocycles. The zero-order chi connectivity index (χ0) is 32.1. The molecule has 0 radical (unpaired) electrons. The zero-order valence-corrected chi connectivity index (χ0v) is 31.9. The third kappa shape index (κ3) is 14.1. The number of aryl methyl sites for hydroxylation is 2. The highest BCUT2D eigenvalue weighted by Gasteiger charge is 2.20. The second kappa shape index (κ2) is 24.2. The fourth-order valence-corrected chi connectivity index (χ4v) is 7.56. The normalized spacial score (nSPS) is 12.2. The van der Waals surface area contributed by atoms with Crippen LogP contribution < -0.4 is 4.90 Å². The quantitative estimate of drug-likeness (QED) is 0.167. The summed E-state index contributed by atoms with van der Waals surface area (Å²) in [6, 6.07) is 4.92. The van der Waals surface area contributed by atoms with Crippen molar-refractivity contribution in [3.63, 3.8) is 0 Å². The predicted octanol–water partition coefficient (Wildman–Crippen LogP) is 13.1. The lowest BCUT2D eigenvalue weighted by Crippen LogP contribution is -2.05. The van der Waals surface area contributed by atoms with Gasteiger partial charge in [-0.1, -0.05) is 113 Å². The van der Waals surface area contributed by atoms with E-state index < -0.39 is 0 Å². The molecule has 0 saturated carbocycles. The van der Waals surface area contributed by atoms with Crippen LogP contribution in [0.4, 0.5) is 5.00 Å². The van der Waals surface area contributed by atoms with Crippen LogP contribution in [0.3, 0.4) is 0 Å². The molecule has 0 amide bonds. The molecule has 2 unspecified atom stereocenters. The van der Waals surface area contributed by atoms with E-state index in [4.69, 9.17) is 0 Å². The van der Waals surface area contributed by atoms with Gasteiger partial charge in [0, 0.05) is 23.5 Å². The lowest BCUT2D eigenvalue weighted by molar-refractivity contribution is 0.422. The van der Waals surface area contributed by atoms with Gasteiger partial charge in [-0.3, -0.25) is 0 Å². The monoisotopic (exact) mass is 618 g/mol. The third-order valence-corrected chi connectivity index (χ3v) is 10.1. The molecule has 0 aliphatic rings. The number of hydrogen-bond acceptors (Lipinski definition) is 4. The van der Waals surface area contributed by atoms with Crippen molar-refractivity contribution in [3.8, 4) is 0 Å². The Morgan fingerprint density at radius 2 is 1.12 bits per heavy atom. The van der Waals surface area contributed by atoms with Crippen molar-refractivity contribution >= 4 is 47.8 Å². The summed E-state index contributed by atoms with van der Waals surface area (Å²) in [4.78, 5) is 4.30. The lowest BCUT2D eigenvalue weighted by Gasteiger charge is -2.18. The van der Waals surface area contributed by atoms with Gasteiger partial charge in [-0.25, -0.2) is 0 Å². The molecule has 4 heteroatoms. The summed E-state index contributed by atoms with van der Waals surface area (Å²) < 4.78 is 3.15. The van der Waals surface area contributed by atoms with Crippen molar-refractivity contribution in [2.45, 2.75) is 139 Å². The van der Waals surface area contributed by atoms with Crippen molar-refractivity contribution in [2.24, 2.45) is 11.8 Å². The van der Waals surface area contributed by atoms with Crippen LogP contribution in [0.5, 0.6) is 0 Å². The first-order valence-electron chi connectivity index (χ1n) is 17.4. The van der Waals surface area contributed by atoms with Crippen LogP contribution in [0.1, 0.15) is 137 Å². The minimum atomic E-state index is 0.866. The van der Waals surface area contributed by atoms with Crippen molar-refractivity contribution < 1.29 is 0 Å². The van der Waals surface area contributed by atoms with E-state index in [1.54, 1.807) is 31.3 Å². The van der Waals surface area contributed by atoms with Crippen LogP contribution in [0.15, 0.2) is 17.5 Å². The number of fused-ring (bicyclic) bond motifs is 2. The molecule has 42 heavy (non-hydrogen) atoms. The van der Waals surface area contributed by atoms with Crippen LogP contribution >= 0.6 is 22.7 Å². The highest BCUT2D eigenvalue weighted by Crippen LogP contribution is 2.44. The van der Waals surface area contributed by atoms with E-state index in [9.17, 15) is 0 Å². The van der Waals surface area contributed by atoms with Crippen molar-refractivity contribution in [1.82, 2.24) is 4.90 Å². The Labute approximate surface area is 271 Å². The van der Waals surface area contributed by atoms with Gasteiger partial charge in [-0.2, -0.15) is 0 Å². The summed E-state index contributed by atoms with van der Waals surface area (Å²) in [6.45, 7) is 17.7. The summed E-state index contributed by atoms with van der Waals surface area (Å²) in [5, 5.41) is 6.86. The number of rotatable bonds is 15. The number of benzene rings is 1. The third-order valence-electron chi connectivity index (χ3n) is 7.72. The Kier molecular flexibility index (Phi) is 23.6. The molecule has 0 aliphatic carbocycles. The number of nitrogens with zero attached hydrogens (tertiary/aromatic N) is 2. The molecule has 0 fully saturated rings. The van der Waals surface area contributed by atoms with Gasteiger partial charge < -0.3 is 9.80 Å². The van der Waals surface area contributed by atoms with Gasteiger partial charge in [-0.05, 0) is 98.1 Å². The number of thiophene rings is 2. The van der Waals surface area contributed by atoms with Crippen LogP contribution in [0.2, 0.25) is 0 Å². The molecule has 0 aliphatic heterocycles. The minimum Gasteiger partial charge on any atom is -0.370 e. The summed E-state index contributed by atoms with van der Waals surface area (Å²) in [5.41, 5.74) is 3.27. The van der Waals surface area contributed by atoms with E-state index in [2.05, 4.69) is 78.1 Å². The zero-order valence-electron chi connectivity index (χ0n) is 30.3. The largest absolute Gasteiger partial charge is 0.370 e. The van der Waals surface area contributed by atoms with Crippen LogP contribution in [0, 0.1) is 11.8 Å². The first-order chi connectivity index (χ1) is 20.2. The number of anilines is 1. The Balaban J connectivity index is 0.00000166. The molecule has 244 valence electrons. The number of hydrogen-bond donors (Lipinski definition) is 0. The molecular weight excluding hydrogens is 549 g/mol. The van der Waals surface area contributed by atoms with Crippen LogP contribution in [-0.4, -0.2) is 40.1 Å². The summed E-state index contributed by atoms with van der Waals surface area (Å²) in [7, 11) is 10.4. The Bertz CT molecular complexity index is 972. The molecule has 2 heterocycles. The van der Waals surface area contributed by atoms with Crippen LogP contribution in [-0.2, 0) is 12.8 Å². The Morgan fingerprint density at radius 1 is 0.667 bits per heavy atom. The molecule has 0 bridgehead atoms. The maximum absolute atomic E-state index is 2.50. The lowest BCUT2D eigenvalue weighted by atomic mass is 9.88. The Hall–Kier alpha value is -1.10. The molecule has 0 saturated heterocycles. The standard InChI is InChI=1S/C30H47NS2.C3H9N.C3H8.C2H6/c1-7-11-13-22(9-3)15-17-24-26-19-20-32-29(26)25(18-16-23(10-4)14-12-8-2)27-21-28(31(5)6)33-30(24)27;1-4(2)3;1-3-2;1-2/h19-23H,7-18H2,1-6H3;1-3H3;3H2,1-2H3;1-2H3. The van der Waals surface area contributed by atoms with Gasteiger partial charge in [0.25, 0.3) is 0 Å². The van der Waals surface area contributed by atoms with Gasteiger partial charge in [-0.15, -0.1) is 22.7 Å². The number of unbranched alkanes of at least 4 members (excludes halogenated alkanes) is 2. The molecule has 3 aromatic rings. The maximum Gasteiger partial charge on any atom is 0.0916 e. The van der Waals surface area contributed by atoms with Crippen molar-refractivity contribution in [3.05, 3.63) is 28.6 Å². The molecule has 0 N–H and O–H groups in total. The fraction of sp³-hybridized carbons (Fsp3) is 0.737. The van der Waals surface area contributed by atoms with E-state index in [0.29, 0.717) is 0 Å². The average molecular weight is 619 g/mol. The van der Waals surface area contributed by atoms with E-state index in [1.807, 2.05) is 62.6 Å². The van der Waals surface area contributed by atoms with Gasteiger partial charge in [0.1, 0.15) is 0 Å². The fourth-order valence-electron chi connectivity index (χ4n) is 5.36. The summed E-state index contributed by atoms with van der Waals surface area (Å²) in [5.74, 6) is 1.73. The second-order valence-electron chi connectivity index (χ2n) is 12.3. The van der Waals surface area contributed by atoms with Crippen LogP contribution in [0.25, 0.3) is 20.2 Å². The highest BCUT2D eigenvalue weighted by molar-refractivity contribution is 7.23. The SMILES string of the molecule is CC.CCC.CCCCC(CC)CCc1c2cc(N(C)C)sc2c(CCC(CC)CCCC)c2ccsc12.CN(C)C. The highest BCUT2D eigenvalue weighted by atomic mass is 32.1. The topological polar surface area (TPSA) is 6.48 Å². The smallest absolute Gasteiger partial charge is 0.0916 e. The molecule has 3 rings (SSSR count). The first kappa shape index (κ1) is 40.9. The van der Waals surface area contributed by atoms with Crippen molar-refractivity contribution in [1.29, 1.82) is 0 Å². The minimum absolute atomic E-state index is 0.866. The summed E-state index contributed by atoms with van der Waals surface area (Å²) in [6.07, 6.45) is 17.2. The molecule has 0 spiro atoms. The van der Waals surface area contributed by atoms with E-state index >= 15 is 0 Å².